The Balaban J connectivity index is 1.51. The number of hydrogen-bond donors (Lipinski definition) is 1. The number of non-ortho nitro benzene ring substituents is 1. The number of nitrogens with one attached hydrogen (secondary N) is 1. The largest absolute Gasteiger partial charge is 0.445 e. The van der Waals surface area contributed by atoms with E-state index in [1.54, 1.807) is 17.0 Å². The van der Waals surface area contributed by atoms with E-state index in [2.05, 4.69) is 39.2 Å². The SMILES string of the molecule is C[C@@H](O[Si](C)(C)C(C)(C)C)[C@H]1C(=O)N[C@H]1C(C=O)S[C@H]1CCN(C(=O)OCc2ccc([N+](=O)[O-])cc2)C1. The molecule has 2 fully saturated rings. The van der Waals surface area contributed by atoms with Crippen LogP contribution in [0.3, 0.4) is 0 Å². The molecule has 2 heterocycles. The summed E-state index contributed by atoms with van der Waals surface area (Å²) in [7, 11) is -2.08. The highest BCUT2D eigenvalue weighted by Gasteiger charge is 2.50. The van der Waals surface area contributed by atoms with Gasteiger partial charge in [-0.3, -0.25) is 14.9 Å². The lowest BCUT2D eigenvalue weighted by Gasteiger charge is -2.46. The van der Waals surface area contributed by atoms with E-state index in [4.69, 9.17) is 9.16 Å². The average Bonchev–Trinajstić information content (AvgIpc) is 3.27. The van der Waals surface area contributed by atoms with Gasteiger partial charge in [0, 0.05) is 30.5 Å². The van der Waals surface area contributed by atoms with Gasteiger partial charge in [-0.25, -0.2) is 4.79 Å². The molecular formula is C25H37N3O7SSi. The zero-order valence-corrected chi connectivity index (χ0v) is 24.1. The van der Waals surface area contributed by atoms with Gasteiger partial charge < -0.3 is 24.2 Å². The third-order valence-corrected chi connectivity index (χ3v) is 13.6. The molecule has 1 aromatic carbocycles. The topological polar surface area (TPSA) is 128 Å². The van der Waals surface area contributed by atoms with E-state index in [0.29, 0.717) is 25.1 Å². The monoisotopic (exact) mass is 551 g/mol. The van der Waals surface area contributed by atoms with Gasteiger partial charge in [0.1, 0.15) is 12.9 Å². The number of carbonyl (C=O) groups excluding carboxylic acids is 3. The smallest absolute Gasteiger partial charge is 0.410 e. The first-order valence-corrected chi connectivity index (χ1v) is 16.3. The molecule has 0 aromatic heterocycles. The van der Waals surface area contributed by atoms with Crippen molar-refractivity contribution in [3.63, 3.8) is 0 Å². The standard InChI is InChI=1S/C25H37N3O7SSi/c1-16(35-37(5,6)25(2,3)4)21-22(26-23(21)30)20(14-29)36-19-11-12-27(13-19)24(31)34-15-17-7-9-18(10-8-17)28(32)33/h7-10,14,16,19-22H,11-13,15H2,1-6H3,(H,26,30)/t16-,19+,20?,21-,22+/m1/s1. The van der Waals surface area contributed by atoms with Crippen molar-refractivity contribution in [1.29, 1.82) is 0 Å². The summed E-state index contributed by atoms with van der Waals surface area (Å²) in [5.74, 6) is -0.479. The summed E-state index contributed by atoms with van der Waals surface area (Å²) >= 11 is 1.48. The lowest BCUT2D eigenvalue weighted by atomic mass is 9.84. The van der Waals surface area contributed by atoms with Gasteiger partial charge in [-0.05, 0) is 49.2 Å². The summed E-state index contributed by atoms with van der Waals surface area (Å²) in [5, 5.41) is 13.3. The number of hydrogen-bond acceptors (Lipinski definition) is 8. The van der Waals surface area contributed by atoms with E-state index in [0.717, 1.165) is 6.29 Å². The molecule has 37 heavy (non-hydrogen) atoms. The van der Waals surface area contributed by atoms with Crippen molar-refractivity contribution in [2.24, 2.45) is 5.92 Å². The first kappa shape index (κ1) is 29.1. The summed E-state index contributed by atoms with van der Waals surface area (Å²) in [6.45, 7) is 13.6. The Morgan fingerprint density at radius 2 is 1.97 bits per heavy atom. The van der Waals surface area contributed by atoms with Gasteiger partial charge in [0.15, 0.2) is 8.32 Å². The second-order valence-corrected chi connectivity index (χ2v) is 17.5. The molecule has 2 saturated heterocycles. The minimum Gasteiger partial charge on any atom is -0.445 e. The molecule has 3 rings (SSSR count). The van der Waals surface area contributed by atoms with Crippen LogP contribution in [0, 0.1) is 16.0 Å². The number of benzene rings is 1. The molecule has 1 unspecified atom stereocenters. The summed E-state index contributed by atoms with van der Waals surface area (Å²) in [6, 6.07) is 5.55. The van der Waals surface area contributed by atoms with E-state index in [1.807, 2.05) is 6.92 Å². The Morgan fingerprint density at radius 3 is 2.51 bits per heavy atom. The predicted octanol–water partition coefficient (Wildman–Crippen LogP) is 4.13. The summed E-state index contributed by atoms with van der Waals surface area (Å²) < 4.78 is 11.8. The third kappa shape index (κ3) is 6.91. The van der Waals surface area contributed by atoms with Gasteiger partial charge in [-0.2, -0.15) is 0 Å². The molecule has 12 heteroatoms. The predicted molar refractivity (Wildman–Crippen MR) is 144 cm³/mol. The molecule has 10 nitrogen and oxygen atoms in total. The molecule has 5 atom stereocenters. The van der Waals surface area contributed by atoms with Crippen molar-refractivity contribution in [1.82, 2.24) is 10.2 Å². The summed E-state index contributed by atoms with van der Waals surface area (Å²) in [5.41, 5.74) is 0.635. The van der Waals surface area contributed by atoms with Crippen LogP contribution in [0.4, 0.5) is 10.5 Å². The maximum Gasteiger partial charge on any atom is 0.410 e. The van der Waals surface area contributed by atoms with Crippen LogP contribution < -0.4 is 5.32 Å². The van der Waals surface area contributed by atoms with Crippen LogP contribution in [0.5, 0.6) is 0 Å². The fourth-order valence-corrected chi connectivity index (χ4v) is 7.15. The summed E-state index contributed by atoms with van der Waals surface area (Å²) in [4.78, 5) is 48.9. The average molecular weight is 552 g/mol. The van der Waals surface area contributed by atoms with E-state index in [9.17, 15) is 24.5 Å². The van der Waals surface area contributed by atoms with Crippen molar-refractivity contribution in [2.75, 3.05) is 13.1 Å². The molecule has 0 bridgehead atoms. The number of amides is 2. The number of aldehydes is 1. The molecule has 2 amide bonds. The Hall–Kier alpha value is -2.44. The van der Waals surface area contributed by atoms with Gasteiger partial charge in [0.05, 0.1) is 28.2 Å². The molecule has 1 N–H and O–H groups in total. The number of carbonyl (C=O) groups is 3. The van der Waals surface area contributed by atoms with Crippen molar-refractivity contribution in [2.45, 2.75) is 81.5 Å². The maximum absolute atomic E-state index is 12.5. The number of nitro groups is 1. The van der Waals surface area contributed by atoms with Gasteiger partial charge in [-0.1, -0.05) is 20.8 Å². The molecule has 0 saturated carbocycles. The first-order chi connectivity index (χ1) is 17.2. The Labute approximate surface area is 223 Å². The maximum atomic E-state index is 12.5. The fourth-order valence-electron chi connectivity index (χ4n) is 4.30. The van der Waals surface area contributed by atoms with Crippen LogP contribution >= 0.6 is 11.8 Å². The van der Waals surface area contributed by atoms with Crippen LogP contribution in [-0.2, 0) is 25.4 Å². The zero-order chi connectivity index (χ0) is 27.5. The molecular weight excluding hydrogens is 514 g/mol. The highest BCUT2D eigenvalue weighted by atomic mass is 32.2. The lowest BCUT2D eigenvalue weighted by Crippen LogP contribution is -2.67. The summed E-state index contributed by atoms with van der Waals surface area (Å²) in [6.07, 6.45) is 0.840. The number of nitrogens with zero attached hydrogens (tertiary/aromatic N) is 2. The van der Waals surface area contributed by atoms with Crippen molar-refractivity contribution in [3.8, 4) is 0 Å². The number of nitro benzene ring substituents is 1. The minimum absolute atomic E-state index is 0.0101. The molecule has 0 radical (unpaired) electrons. The van der Waals surface area contributed by atoms with E-state index in [1.165, 1.54) is 23.9 Å². The second-order valence-electron chi connectivity index (χ2n) is 11.2. The highest BCUT2D eigenvalue weighted by molar-refractivity contribution is 8.01. The quantitative estimate of drug-likeness (QED) is 0.151. The van der Waals surface area contributed by atoms with Crippen molar-refractivity contribution >= 4 is 44.1 Å². The van der Waals surface area contributed by atoms with Crippen LogP contribution in [0.15, 0.2) is 24.3 Å². The molecule has 0 aliphatic carbocycles. The van der Waals surface area contributed by atoms with Gasteiger partial charge >= 0.3 is 6.09 Å². The molecule has 1 aromatic rings. The Kier molecular flexibility index (Phi) is 9.07. The lowest BCUT2D eigenvalue weighted by molar-refractivity contribution is -0.384. The van der Waals surface area contributed by atoms with Crippen LogP contribution in [0.1, 0.15) is 39.7 Å². The van der Waals surface area contributed by atoms with E-state index in [-0.39, 0.29) is 46.6 Å². The van der Waals surface area contributed by atoms with Crippen LogP contribution in [0.25, 0.3) is 0 Å². The number of thioether (sulfide) groups is 1. The third-order valence-electron chi connectivity index (χ3n) is 7.54. The zero-order valence-electron chi connectivity index (χ0n) is 22.3. The minimum atomic E-state index is -2.08. The van der Waals surface area contributed by atoms with E-state index < -0.39 is 24.6 Å². The van der Waals surface area contributed by atoms with E-state index >= 15 is 0 Å². The molecule has 2 aliphatic rings. The number of β-lactam (4-membered cyclic amide) rings is 1. The Morgan fingerprint density at radius 1 is 1.32 bits per heavy atom. The first-order valence-electron chi connectivity index (χ1n) is 12.5. The number of ether oxygens (including phenoxy) is 1. The molecule has 204 valence electrons. The molecule has 0 spiro atoms. The molecule has 2 aliphatic heterocycles. The second kappa shape index (κ2) is 11.5. The van der Waals surface area contributed by atoms with Gasteiger partial charge in [0.2, 0.25) is 5.91 Å². The van der Waals surface area contributed by atoms with Gasteiger partial charge in [0.25, 0.3) is 5.69 Å². The Bertz CT molecular complexity index is 1010. The van der Waals surface area contributed by atoms with Gasteiger partial charge in [-0.15, -0.1) is 11.8 Å². The number of likely N-dealkylation sites (tertiary alicyclic amines) is 1. The normalized spacial score (nSPS) is 23.6. The van der Waals surface area contributed by atoms with Crippen molar-refractivity contribution in [3.05, 3.63) is 39.9 Å². The van der Waals surface area contributed by atoms with Crippen LogP contribution in [-0.4, -0.2) is 72.2 Å². The number of rotatable bonds is 10. The van der Waals surface area contributed by atoms with Crippen molar-refractivity contribution < 1.29 is 28.5 Å². The van der Waals surface area contributed by atoms with Crippen LogP contribution in [0.2, 0.25) is 18.1 Å². The highest BCUT2D eigenvalue weighted by Crippen LogP contribution is 2.40. The fraction of sp³-hybridized carbons (Fsp3) is 0.640.